The van der Waals surface area contributed by atoms with Crippen LogP contribution in [0.15, 0.2) is 53.6 Å². The van der Waals surface area contributed by atoms with Gasteiger partial charge in [-0.1, -0.05) is 30.3 Å². The fraction of sp³-hybridized carbons (Fsp3) is 0.176. The molecule has 2 rings (SSSR count). The van der Waals surface area contributed by atoms with Gasteiger partial charge in [-0.2, -0.15) is 5.10 Å². The van der Waals surface area contributed by atoms with Crippen molar-refractivity contribution in [1.29, 1.82) is 0 Å². The number of amides is 1. The molecule has 0 aliphatic rings. The van der Waals surface area contributed by atoms with Crippen LogP contribution in [0.1, 0.15) is 12.5 Å². The Morgan fingerprint density at radius 1 is 1.13 bits per heavy atom. The van der Waals surface area contributed by atoms with Crippen molar-refractivity contribution < 1.29 is 18.7 Å². The van der Waals surface area contributed by atoms with E-state index in [-0.39, 0.29) is 12.2 Å². The number of benzene rings is 2. The molecule has 0 fully saturated rings. The van der Waals surface area contributed by atoms with Gasteiger partial charge in [0.05, 0.1) is 12.8 Å². The number of carbonyl (C=O) groups is 1. The highest BCUT2D eigenvalue weighted by atomic mass is 19.1. The summed E-state index contributed by atoms with van der Waals surface area (Å²) in [5.41, 5.74) is 2.57. The lowest BCUT2D eigenvalue weighted by molar-refractivity contribution is -0.123. The largest absolute Gasteiger partial charge is 0.490 e. The highest BCUT2D eigenvalue weighted by Crippen LogP contribution is 2.26. The Morgan fingerprint density at radius 3 is 2.48 bits per heavy atom. The van der Waals surface area contributed by atoms with Crippen LogP contribution in [0.3, 0.4) is 0 Å². The van der Waals surface area contributed by atoms with E-state index in [1.54, 1.807) is 36.4 Å². The second-order valence-corrected chi connectivity index (χ2v) is 4.48. The van der Waals surface area contributed by atoms with E-state index in [4.69, 9.17) is 9.47 Å². The number of hydrogen-bond acceptors (Lipinski definition) is 4. The van der Waals surface area contributed by atoms with Crippen LogP contribution in [0, 0.1) is 5.82 Å². The van der Waals surface area contributed by atoms with Gasteiger partial charge < -0.3 is 9.47 Å². The van der Waals surface area contributed by atoms with Gasteiger partial charge >= 0.3 is 0 Å². The summed E-state index contributed by atoms with van der Waals surface area (Å²) in [6.07, 6.45) is 1.24. The molecule has 2 aromatic carbocycles. The molecule has 1 amide bonds. The molecule has 0 bridgehead atoms. The van der Waals surface area contributed by atoms with Crippen LogP contribution in [0.5, 0.6) is 11.5 Å². The summed E-state index contributed by atoms with van der Waals surface area (Å²) in [6, 6.07) is 13.2. The van der Waals surface area contributed by atoms with Crippen LogP contribution < -0.4 is 14.9 Å². The van der Waals surface area contributed by atoms with Crippen molar-refractivity contribution in [1.82, 2.24) is 5.43 Å². The first-order chi connectivity index (χ1) is 11.2. The van der Waals surface area contributed by atoms with E-state index in [1.807, 2.05) is 13.0 Å². The van der Waals surface area contributed by atoms with E-state index in [0.717, 1.165) is 0 Å². The van der Waals surface area contributed by atoms with Crippen LogP contribution in [0.4, 0.5) is 4.39 Å². The maximum absolute atomic E-state index is 13.4. The molecule has 0 saturated heterocycles. The Bertz CT molecular complexity index is 689. The minimum absolute atomic E-state index is 0.224. The monoisotopic (exact) mass is 316 g/mol. The number of rotatable bonds is 7. The van der Waals surface area contributed by atoms with Gasteiger partial charge in [-0.15, -0.1) is 0 Å². The Kier molecular flexibility index (Phi) is 6.11. The first-order valence-electron chi connectivity index (χ1n) is 7.11. The van der Waals surface area contributed by atoms with Crippen molar-refractivity contribution in [3.8, 4) is 11.5 Å². The van der Waals surface area contributed by atoms with Crippen molar-refractivity contribution in [3.05, 3.63) is 59.9 Å². The van der Waals surface area contributed by atoms with Gasteiger partial charge in [0.25, 0.3) is 5.91 Å². The van der Waals surface area contributed by atoms with Crippen LogP contribution >= 0.6 is 0 Å². The number of nitrogens with zero attached hydrogens (tertiary/aromatic N) is 1. The van der Waals surface area contributed by atoms with E-state index < -0.39 is 11.7 Å². The molecule has 0 aromatic heterocycles. The van der Waals surface area contributed by atoms with E-state index in [9.17, 15) is 9.18 Å². The first-order valence-corrected chi connectivity index (χ1v) is 7.11. The van der Waals surface area contributed by atoms with Gasteiger partial charge in [0.15, 0.2) is 18.1 Å². The first kappa shape index (κ1) is 16.5. The molecule has 0 radical (unpaired) electrons. The Hall–Kier alpha value is -2.89. The fourth-order valence-corrected chi connectivity index (χ4v) is 1.77. The van der Waals surface area contributed by atoms with Gasteiger partial charge in [-0.25, -0.2) is 9.82 Å². The molecule has 0 spiro atoms. The molecule has 0 unspecified atom stereocenters. The van der Waals surface area contributed by atoms with E-state index >= 15 is 0 Å². The summed E-state index contributed by atoms with van der Waals surface area (Å²) in [5.74, 6) is 0.177. The summed E-state index contributed by atoms with van der Waals surface area (Å²) in [5, 5.41) is 3.70. The lowest BCUT2D eigenvalue weighted by Gasteiger charge is -2.10. The molecule has 0 aliphatic carbocycles. The average molecular weight is 316 g/mol. The Balaban J connectivity index is 1.85. The number of carbonyl (C=O) groups excluding carboxylic acids is 1. The third-order valence-electron chi connectivity index (χ3n) is 2.81. The van der Waals surface area contributed by atoms with Crippen LogP contribution in [-0.4, -0.2) is 25.3 Å². The van der Waals surface area contributed by atoms with Gasteiger partial charge in [0, 0.05) is 5.56 Å². The molecule has 0 heterocycles. The van der Waals surface area contributed by atoms with Crippen molar-refractivity contribution in [2.24, 2.45) is 5.10 Å². The molecule has 0 atom stereocenters. The third kappa shape index (κ3) is 5.10. The summed E-state index contributed by atoms with van der Waals surface area (Å²) in [4.78, 5) is 11.7. The van der Waals surface area contributed by atoms with Crippen LogP contribution in [0.25, 0.3) is 0 Å². The third-order valence-corrected chi connectivity index (χ3v) is 2.81. The topological polar surface area (TPSA) is 59.9 Å². The molecular formula is C17H17FN2O3. The quantitative estimate of drug-likeness (QED) is 0.631. The summed E-state index contributed by atoms with van der Waals surface area (Å²) >= 11 is 0. The SMILES string of the molecule is CCOc1ccccc1OCC(=O)NN=Cc1ccccc1F. The van der Waals surface area contributed by atoms with Crippen molar-refractivity contribution in [2.75, 3.05) is 13.2 Å². The van der Waals surface area contributed by atoms with Crippen molar-refractivity contribution >= 4 is 12.1 Å². The predicted octanol–water partition coefficient (Wildman–Crippen LogP) is 2.75. The van der Waals surface area contributed by atoms with Crippen molar-refractivity contribution in [3.63, 3.8) is 0 Å². The number of ether oxygens (including phenoxy) is 2. The molecule has 2 aromatic rings. The number of para-hydroxylation sites is 2. The molecule has 23 heavy (non-hydrogen) atoms. The molecular weight excluding hydrogens is 299 g/mol. The normalized spacial score (nSPS) is 10.5. The highest BCUT2D eigenvalue weighted by molar-refractivity contribution is 5.83. The van der Waals surface area contributed by atoms with E-state index in [2.05, 4.69) is 10.5 Å². The van der Waals surface area contributed by atoms with Crippen LogP contribution in [-0.2, 0) is 4.79 Å². The number of hydrazone groups is 1. The number of hydrogen-bond donors (Lipinski definition) is 1. The minimum atomic E-state index is -0.455. The molecule has 0 aliphatic heterocycles. The fourth-order valence-electron chi connectivity index (χ4n) is 1.77. The lowest BCUT2D eigenvalue weighted by atomic mass is 10.2. The molecule has 120 valence electrons. The predicted molar refractivity (Wildman–Crippen MR) is 85.2 cm³/mol. The van der Waals surface area contributed by atoms with Gasteiger partial charge in [0.1, 0.15) is 5.82 Å². The van der Waals surface area contributed by atoms with E-state index in [1.165, 1.54) is 12.3 Å². The van der Waals surface area contributed by atoms with Gasteiger partial charge in [-0.05, 0) is 25.1 Å². The zero-order valence-electron chi connectivity index (χ0n) is 12.7. The van der Waals surface area contributed by atoms with Crippen LogP contribution in [0.2, 0.25) is 0 Å². The van der Waals surface area contributed by atoms with Gasteiger partial charge in [-0.3, -0.25) is 4.79 Å². The second-order valence-electron chi connectivity index (χ2n) is 4.48. The van der Waals surface area contributed by atoms with Crippen molar-refractivity contribution in [2.45, 2.75) is 6.92 Å². The van der Waals surface area contributed by atoms with Gasteiger partial charge in [0.2, 0.25) is 0 Å². The summed E-state index contributed by atoms with van der Waals surface area (Å²) in [7, 11) is 0. The second kappa shape index (κ2) is 8.53. The molecule has 0 saturated carbocycles. The zero-order valence-corrected chi connectivity index (χ0v) is 12.7. The standard InChI is InChI=1S/C17H17FN2O3/c1-2-22-15-9-5-6-10-16(15)23-12-17(21)20-19-11-13-7-3-4-8-14(13)18/h3-11H,2,12H2,1H3,(H,20,21). The zero-order chi connectivity index (χ0) is 16.5. The molecule has 6 heteroatoms. The molecule has 1 N–H and O–H groups in total. The Labute approximate surface area is 133 Å². The maximum atomic E-state index is 13.4. The van der Waals surface area contributed by atoms with E-state index in [0.29, 0.717) is 18.1 Å². The Morgan fingerprint density at radius 2 is 1.78 bits per heavy atom. The maximum Gasteiger partial charge on any atom is 0.277 e. The minimum Gasteiger partial charge on any atom is -0.490 e. The molecule has 5 nitrogen and oxygen atoms in total. The number of halogens is 1. The smallest absolute Gasteiger partial charge is 0.277 e. The summed E-state index contributed by atoms with van der Waals surface area (Å²) < 4.78 is 24.1. The highest BCUT2D eigenvalue weighted by Gasteiger charge is 2.06. The average Bonchev–Trinajstić information content (AvgIpc) is 2.56. The lowest BCUT2D eigenvalue weighted by Crippen LogP contribution is -2.24. The summed E-state index contributed by atoms with van der Waals surface area (Å²) in [6.45, 7) is 2.14. The number of nitrogens with one attached hydrogen (secondary N) is 1.